The highest BCUT2D eigenvalue weighted by atomic mass is 35.5. The lowest BCUT2D eigenvalue weighted by atomic mass is 10.3. The van der Waals surface area contributed by atoms with Gasteiger partial charge in [-0.1, -0.05) is 41.4 Å². The zero-order valence-corrected chi connectivity index (χ0v) is 18.1. The summed E-state index contributed by atoms with van der Waals surface area (Å²) in [5, 5.41) is 6.41. The fraction of sp³-hybridized carbons (Fsp3) is 0.0909. The second kappa shape index (κ2) is 10.9. The number of halogens is 2. The van der Waals surface area contributed by atoms with Gasteiger partial charge in [0, 0.05) is 15.6 Å². The molecule has 0 atom stereocenters. The number of hydrogen-bond acceptors (Lipinski definition) is 4. The minimum Gasteiger partial charge on any atom is -0.484 e. The van der Waals surface area contributed by atoms with E-state index in [1.54, 1.807) is 42.5 Å². The van der Waals surface area contributed by atoms with Crippen molar-refractivity contribution in [1.29, 1.82) is 0 Å². The molecule has 30 heavy (non-hydrogen) atoms. The lowest BCUT2D eigenvalue weighted by molar-refractivity contribution is -0.118. The minimum atomic E-state index is -0.251. The van der Waals surface area contributed by atoms with Crippen molar-refractivity contribution < 1.29 is 14.3 Å². The monoisotopic (exact) mass is 460 g/mol. The highest BCUT2D eigenvalue weighted by Crippen LogP contribution is 2.26. The van der Waals surface area contributed by atoms with Crippen LogP contribution in [0.4, 0.5) is 11.4 Å². The number of hydrogen-bond donors (Lipinski definition) is 2. The topological polar surface area (TPSA) is 67.4 Å². The van der Waals surface area contributed by atoms with Crippen LogP contribution in [0.3, 0.4) is 0 Å². The Morgan fingerprint density at radius 2 is 1.60 bits per heavy atom. The first-order valence-electron chi connectivity index (χ1n) is 8.95. The molecule has 0 heterocycles. The summed E-state index contributed by atoms with van der Waals surface area (Å²) in [4.78, 5) is 25.0. The molecule has 0 aliphatic heterocycles. The number of carbonyl (C=O) groups excluding carboxylic acids is 2. The van der Waals surface area contributed by atoms with Crippen LogP contribution in [0, 0.1) is 0 Å². The first-order valence-corrected chi connectivity index (χ1v) is 10.7. The summed E-state index contributed by atoms with van der Waals surface area (Å²) in [6.07, 6.45) is 0. The highest BCUT2D eigenvalue weighted by molar-refractivity contribution is 8.00. The number of thioether (sulfide) groups is 1. The maximum Gasteiger partial charge on any atom is 0.262 e. The number of anilines is 2. The van der Waals surface area contributed by atoms with Crippen molar-refractivity contribution in [1.82, 2.24) is 0 Å². The first-order chi connectivity index (χ1) is 14.5. The van der Waals surface area contributed by atoms with E-state index >= 15 is 0 Å². The van der Waals surface area contributed by atoms with Crippen molar-refractivity contribution >= 4 is 58.2 Å². The van der Waals surface area contributed by atoms with Crippen LogP contribution in [0.15, 0.2) is 77.7 Å². The SMILES string of the molecule is O=C(COc1ccccc1)Nc1ccc(SCC(=O)Nc2ccc(Cl)cc2Cl)cc1. The first kappa shape index (κ1) is 22.0. The highest BCUT2D eigenvalue weighted by Gasteiger charge is 2.08. The molecule has 0 aromatic heterocycles. The van der Waals surface area contributed by atoms with Crippen molar-refractivity contribution in [3.05, 3.63) is 82.8 Å². The molecular formula is C22H18Cl2N2O3S. The van der Waals surface area contributed by atoms with Crippen LogP contribution in [0.2, 0.25) is 10.0 Å². The van der Waals surface area contributed by atoms with E-state index in [-0.39, 0.29) is 24.2 Å². The molecule has 0 spiro atoms. The Balaban J connectivity index is 1.43. The van der Waals surface area contributed by atoms with Gasteiger partial charge in [-0.05, 0) is 54.6 Å². The van der Waals surface area contributed by atoms with Gasteiger partial charge in [0.15, 0.2) is 6.61 Å². The Morgan fingerprint density at radius 3 is 2.30 bits per heavy atom. The van der Waals surface area contributed by atoms with E-state index in [2.05, 4.69) is 10.6 Å². The van der Waals surface area contributed by atoms with Gasteiger partial charge in [-0.15, -0.1) is 11.8 Å². The van der Waals surface area contributed by atoms with Crippen LogP contribution in [-0.2, 0) is 9.59 Å². The predicted molar refractivity (Wildman–Crippen MR) is 123 cm³/mol. The lowest BCUT2D eigenvalue weighted by Crippen LogP contribution is -2.20. The smallest absolute Gasteiger partial charge is 0.262 e. The van der Waals surface area contributed by atoms with Gasteiger partial charge in [0.05, 0.1) is 16.5 Å². The van der Waals surface area contributed by atoms with Gasteiger partial charge >= 0.3 is 0 Å². The molecule has 2 N–H and O–H groups in total. The number of para-hydroxylation sites is 1. The number of amides is 2. The van der Waals surface area contributed by atoms with Crippen LogP contribution < -0.4 is 15.4 Å². The van der Waals surface area contributed by atoms with Gasteiger partial charge in [-0.2, -0.15) is 0 Å². The largest absolute Gasteiger partial charge is 0.484 e. The third-order valence-corrected chi connectivity index (χ3v) is 5.39. The predicted octanol–water partition coefficient (Wildman–Crippen LogP) is 5.74. The van der Waals surface area contributed by atoms with Gasteiger partial charge in [0.2, 0.25) is 5.91 Å². The molecule has 8 heteroatoms. The van der Waals surface area contributed by atoms with Crippen LogP contribution in [-0.4, -0.2) is 24.2 Å². The Kier molecular flexibility index (Phi) is 8.02. The summed E-state index contributed by atoms with van der Waals surface area (Å²) in [5.74, 6) is 0.422. The van der Waals surface area contributed by atoms with Crippen molar-refractivity contribution in [2.24, 2.45) is 0 Å². The molecule has 2 amide bonds. The molecule has 0 aliphatic rings. The third kappa shape index (κ3) is 6.99. The number of benzene rings is 3. The van der Waals surface area contributed by atoms with Gasteiger partial charge in [-0.25, -0.2) is 0 Å². The zero-order chi connectivity index (χ0) is 21.3. The molecule has 3 rings (SSSR count). The van der Waals surface area contributed by atoms with E-state index in [0.717, 1.165) is 4.90 Å². The standard InChI is InChI=1S/C22H18Cl2N2O3S/c23-15-6-11-20(19(24)12-15)26-22(28)14-30-18-9-7-16(8-10-18)25-21(27)13-29-17-4-2-1-3-5-17/h1-12H,13-14H2,(H,25,27)(H,26,28). The number of nitrogens with one attached hydrogen (secondary N) is 2. The van der Waals surface area contributed by atoms with Crippen LogP contribution >= 0.6 is 35.0 Å². The Labute approximate surface area is 188 Å². The second-order valence-electron chi connectivity index (χ2n) is 6.14. The fourth-order valence-electron chi connectivity index (χ4n) is 2.42. The molecule has 0 bridgehead atoms. The Hall–Kier alpha value is -2.67. The number of rotatable bonds is 8. The zero-order valence-electron chi connectivity index (χ0n) is 15.7. The lowest BCUT2D eigenvalue weighted by Gasteiger charge is -2.09. The normalized spacial score (nSPS) is 10.3. The molecule has 0 unspecified atom stereocenters. The van der Waals surface area contributed by atoms with Crippen molar-refractivity contribution in [2.45, 2.75) is 4.90 Å². The van der Waals surface area contributed by atoms with E-state index in [9.17, 15) is 9.59 Å². The summed E-state index contributed by atoms with van der Waals surface area (Å²) < 4.78 is 5.42. The van der Waals surface area contributed by atoms with Crippen molar-refractivity contribution in [3.63, 3.8) is 0 Å². The summed E-state index contributed by atoms with van der Waals surface area (Å²) in [6.45, 7) is -0.0755. The van der Waals surface area contributed by atoms with E-state index in [1.807, 2.05) is 30.3 Å². The fourth-order valence-corrected chi connectivity index (χ4v) is 3.58. The van der Waals surface area contributed by atoms with Crippen LogP contribution in [0.25, 0.3) is 0 Å². The Morgan fingerprint density at radius 1 is 0.867 bits per heavy atom. The third-order valence-electron chi connectivity index (χ3n) is 3.83. The maximum absolute atomic E-state index is 12.1. The quantitative estimate of drug-likeness (QED) is 0.420. The molecule has 0 fully saturated rings. The van der Waals surface area contributed by atoms with E-state index < -0.39 is 0 Å². The van der Waals surface area contributed by atoms with Crippen molar-refractivity contribution in [2.75, 3.05) is 23.0 Å². The van der Waals surface area contributed by atoms with Crippen LogP contribution in [0.5, 0.6) is 5.75 Å². The molecule has 0 aliphatic carbocycles. The van der Waals surface area contributed by atoms with Gasteiger partial charge < -0.3 is 15.4 Å². The van der Waals surface area contributed by atoms with Gasteiger partial charge in [-0.3, -0.25) is 9.59 Å². The summed E-state index contributed by atoms with van der Waals surface area (Å²) >= 11 is 13.3. The number of ether oxygens (including phenoxy) is 1. The molecule has 0 saturated heterocycles. The molecule has 5 nitrogen and oxygen atoms in total. The van der Waals surface area contributed by atoms with E-state index in [0.29, 0.717) is 27.2 Å². The average Bonchev–Trinajstić information content (AvgIpc) is 2.74. The minimum absolute atomic E-state index is 0.0755. The summed E-state index contributed by atoms with van der Waals surface area (Å²) in [5.41, 5.74) is 1.17. The summed E-state index contributed by atoms with van der Waals surface area (Å²) in [7, 11) is 0. The molecule has 3 aromatic rings. The summed E-state index contributed by atoms with van der Waals surface area (Å²) in [6, 6.07) is 21.2. The van der Waals surface area contributed by atoms with E-state index in [4.69, 9.17) is 27.9 Å². The van der Waals surface area contributed by atoms with Crippen LogP contribution in [0.1, 0.15) is 0 Å². The maximum atomic E-state index is 12.1. The molecule has 0 radical (unpaired) electrons. The van der Waals surface area contributed by atoms with E-state index in [1.165, 1.54) is 11.8 Å². The average molecular weight is 461 g/mol. The molecular weight excluding hydrogens is 443 g/mol. The molecule has 154 valence electrons. The molecule has 3 aromatic carbocycles. The van der Waals surface area contributed by atoms with Gasteiger partial charge in [0.25, 0.3) is 5.91 Å². The second-order valence-corrected chi connectivity index (χ2v) is 8.03. The van der Waals surface area contributed by atoms with Gasteiger partial charge in [0.1, 0.15) is 5.75 Å². The number of carbonyl (C=O) groups is 2. The molecule has 0 saturated carbocycles. The van der Waals surface area contributed by atoms with Crippen molar-refractivity contribution in [3.8, 4) is 5.75 Å². The Bertz CT molecular complexity index is 1010.